The Morgan fingerprint density at radius 2 is 2.06 bits per heavy atom. The molecule has 0 amide bonds. The van der Waals surface area contributed by atoms with Crippen molar-refractivity contribution in [3.05, 3.63) is 35.9 Å². The van der Waals surface area contributed by atoms with Crippen molar-refractivity contribution in [1.82, 2.24) is 0 Å². The van der Waals surface area contributed by atoms with Crippen LogP contribution in [0.4, 0.5) is 0 Å². The van der Waals surface area contributed by atoms with Gasteiger partial charge in [0.05, 0.1) is 0 Å². The second-order valence-electron chi connectivity index (χ2n) is 3.61. The van der Waals surface area contributed by atoms with Gasteiger partial charge in [-0.3, -0.25) is 4.79 Å². The van der Waals surface area contributed by atoms with Crippen molar-refractivity contribution in [2.75, 3.05) is 6.61 Å². The number of hydrogen-bond donors (Lipinski definition) is 2. The number of nitrogens with two attached hydrogens (primary N) is 1. The van der Waals surface area contributed by atoms with Crippen LogP contribution in [0.25, 0.3) is 0 Å². The highest BCUT2D eigenvalue weighted by Gasteiger charge is 2.17. The molecule has 4 nitrogen and oxygen atoms in total. The molecule has 0 saturated carbocycles. The van der Waals surface area contributed by atoms with Crippen molar-refractivity contribution in [2.24, 2.45) is 5.73 Å². The minimum absolute atomic E-state index is 0.115. The molecule has 0 aliphatic rings. The average molecular weight is 223 g/mol. The maximum atomic E-state index is 11.5. The number of hydrogen-bond acceptors (Lipinski definition) is 4. The fourth-order valence-electron chi connectivity index (χ4n) is 1.31. The standard InChI is InChI=1S/C12H17NO3/c1-9(10-5-3-2-4-6-10)16-12(15)11(13)7-8-14/h2-6,9,11,14H,7-8,13H2,1H3/t9?,11-/m0/s1. The zero-order valence-corrected chi connectivity index (χ0v) is 9.30. The highest BCUT2D eigenvalue weighted by molar-refractivity contribution is 5.75. The Kier molecular flexibility index (Phi) is 4.95. The molecule has 16 heavy (non-hydrogen) atoms. The average Bonchev–Trinajstić information content (AvgIpc) is 2.30. The quantitative estimate of drug-likeness (QED) is 0.730. The van der Waals surface area contributed by atoms with Crippen LogP contribution < -0.4 is 5.73 Å². The van der Waals surface area contributed by atoms with Crippen molar-refractivity contribution >= 4 is 5.97 Å². The predicted molar refractivity (Wildman–Crippen MR) is 60.6 cm³/mol. The number of benzene rings is 1. The van der Waals surface area contributed by atoms with Gasteiger partial charge in [0.25, 0.3) is 0 Å². The lowest BCUT2D eigenvalue weighted by atomic mass is 10.1. The van der Waals surface area contributed by atoms with Crippen molar-refractivity contribution in [3.8, 4) is 0 Å². The number of ether oxygens (including phenoxy) is 1. The molecule has 0 aliphatic carbocycles. The van der Waals surface area contributed by atoms with Crippen molar-refractivity contribution < 1.29 is 14.6 Å². The summed E-state index contributed by atoms with van der Waals surface area (Å²) in [5.41, 5.74) is 6.44. The van der Waals surface area contributed by atoms with E-state index in [-0.39, 0.29) is 19.1 Å². The van der Waals surface area contributed by atoms with Crippen molar-refractivity contribution in [3.63, 3.8) is 0 Å². The fourth-order valence-corrected chi connectivity index (χ4v) is 1.31. The van der Waals surface area contributed by atoms with E-state index in [9.17, 15) is 4.79 Å². The Labute approximate surface area is 95.0 Å². The lowest BCUT2D eigenvalue weighted by molar-refractivity contribution is -0.150. The molecule has 0 saturated heterocycles. The first-order valence-electron chi connectivity index (χ1n) is 5.27. The number of carbonyl (C=O) groups is 1. The summed E-state index contributed by atoms with van der Waals surface area (Å²) < 4.78 is 5.18. The van der Waals surface area contributed by atoms with Gasteiger partial charge in [0.2, 0.25) is 0 Å². The summed E-state index contributed by atoms with van der Waals surface area (Å²) in [6, 6.07) is 8.68. The van der Waals surface area contributed by atoms with Crippen LogP contribution in [0.1, 0.15) is 25.0 Å². The van der Waals surface area contributed by atoms with Crippen LogP contribution in [0.3, 0.4) is 0 Å². The summed E-state index contributed by atoms with van der Waals surface area (Å²) in [6.45, 7) is 1.68. The first kappa shape index (κ1) is 12.7. The molecule has 1 unspecified atom stereocenters. The number of aliphatic hydroxyl groups is 1. The number of esters is 1. The van der Waals surface area contributed by atoms with Gasteiger partial charge in [0, 0.05) is 6.61 Å². The zero-order chi connectivity index (χ0) is 12.0. The van der Waals surface area contributed by atoms with Crippen LogP contribution in [0.2, 0.25) is 0 Å². The first-order chi connectivity index (χ1) is 7.65. The van der Waals surface area contributed by atoms with Gasteiger partial charge in [-0.05, 0) is 18.9 Å². The van der Waals surface area contributed by atoms with Crippen LogP contribution in [0, 0.1) is 0 Å². The Morgan fingerprint density at radius 3 is 2.62 bits per heavy atom. The monoisotopic (exact) mass is 223 g/mol. The van der Waals surface area contributed by atoms with E-state index in [1.807, 2.05) is 30.3 Å². The van der Waals surface area contributed by atoms with Gasteiger partial charge in [-0.2, -0.15) is 0 Å². The molecule has 0 fully saturated rings. The molecule has 0 bridgehead atoms. The van der Waals surface area contributed by atoms with Crippen LogP contribution in [-0.4, -0.2) is 23.7 Å². The van der Waals surface area contributed by atoms with E-state index < -0.39 is 12.0 Å². The number of carbonyl (C=O) groups excluding carboxylic acids is 1. The minimum Gasteiger partial charge on any atom is -0.457 e. The second-order valence-corrected chi connectivity index (χ2v) is 3.61. The lowest BCUT2D eigenvalue weighted by Crippen LogP contribution is -2.33. The molecule has 0 spiro atoms. The van der Waals surface area contributed by atoms with Crippen molar-refractivity contribution in [2.45, 2.75) is 25.5 Å². The maximum Gasteiger partial charge on any atom is 0.323 e. The smallest absolute Gasteiger partial charge is 0.323 e. The molecule has 88 valence electrons. The fraction of sp³-hybridized carbons (Fsp3) is 0.417. The highest BCUT2D eigenvalue weighted by Crippen LogP contribution is 2.16. The topological polar surface area (TPSA) is 72.5 Å². The van der Waals surface area contributed by atoms with E-state index in [0.717, 1.165) is 5.56 Å². The largest absolute Gasteiger partial charge is 0.457 e. The number of aliphatic hydroxyl groups excluding tert-OH is 1. The Morgan fingerprint density at radius 1 is 1.44 bits per heavy atom. The molecule has 1 aromatic rings. The molecule has 3 N–H and O–H groups in total. The van der Waals surface area contributed by atoms with Crippen LogP contribution in [-0.2, 0) is 9.53 Å². The van der Waals surface area contributed by atoms with Crippen LogP contribution in [0.5, 0.6) is 0 Å². The molecular weight excluding hydrogens is 206 g/mol. The Bertz CT molecular complexity index is 326. The van der Waals surface area contributed by atoms with Gasteiger partial charge in [-0.1, -0.05) is 30.3 Å². The van der Waals surface area contributed by atoms with Crippen LogP contribution in [0.15, 0.2) is 30.3 Å². The summed E-state index contributed by atoms with van der Waals surface area (Å²) in [7, 11) is 0. The molecule has 0 aliphatic heterocycles. The third kappa shape index (κ3) is 3.64. The Balaban J connectivity index is 2.51. The summed E-state index contributed by atoms with van der Waals surface area (Å²) in [5.74, 6) is -0.481. The van der Waals surface area contributed by atoms with E-state index in [1.165, 1.54) is 0 Å². The van der Waals surface area contributed by atoms with Gasteiger partial charge >= 0.3 is 5.97 Å². The normalized spacial score (nSPS) is 14.2. The molecule has 4 heteroatoms. The van der Waals surface area contributed by atoms with Gasteiger partial charge < -0.3 is 15.6 Å². The van der Waals surface area contributed by atoms with Gasteiger partial charge in [0.1, 0.15) is 12.1 Å². The molecule has 1 rings (SSSR count). The zero-order valence-electron chi connectivity index (χ0n) is 9.30. The van der Waals surface area contributed by atoms with E-state index in [2.05, 4.69) is 0 Å². The molecule has 0 aromatic heterocycles. The third-order valence-electron chi connectivity index (χ3n) is 2.30. The maximum absolute atomic E-state index is 11.5. The van der Waals surface area contributed by atoms with Crippen molar-refractivity contribution in [1.29, 1.82) is 0 Å². The van der Waals surface area contributed by atoms with E-state index in [0.29, 0.717) is 0 Å². The second kappa shape index (κ2) is 6.25. The van der Waals surface area contributed by atoms with E-state index >= 15 is 0 Å². The van der Waals surface area contributed by atoms with E-state index in [4.69, 9.17) is 15.6 Å². The molecule has 2 atom stereocenters. The minimum atomic E-state index is -0.754. The van der Waals surface area contributed by atoms with Crippen LogP contribution >= 0.6 is 0 Å². The molecule has 1 aromatic carbocycles. The van der Waals surface area contributed by atoms with Gasteiger partial charge in [-0.15, -0.1) is 0 Å². The highest BCUT2D eigenvalue weighted by atomic mass is 16.5. The van der Waals surface area contributed by atoms with E-state index in [1.54, 1.807) is 6.92 Å². The summed E-state index contributed by atoms with van der Waals surface area (Å²) in [6.07, 6.45) is -0.0983. The number of rotatable bonds is 5. The summed E-state index contributed by atoms with van der Waals surface area (Å²) in [5, 5.41) is 8.65. The SMILES string of the molecule is CC(OC(=O)[C@@H](N)CCO)c1ccccc1. The predicted octanol–water partition coefficient (Wildman–Crippen LogP) is 1.00. The Hall–Kier alpha value is -1.39. The summed E-state index contributed by atoms with van der Waals surface area (Å²) in [4.78, 5) is 11.5. The van der Waals surface area contributed by atoms with Gasteiger partial charge in [-0.25, -0.2) is 0 Å². The summed E-state index contributed by atoms with van der Waals surface area (Å²) >= 11 is 0. The lowest BCUT2D eigenvalue weighted by Gasteiger charge is -2.16. The molecular formula is C12H17NO3. The molecule has 0 radical (unpaired) electrons. The first-order valence-corrected chi connectivity index (χ1v) is 5.27. The third-order valence-corrected chi connectivity index (χ3v) is 2.30. The van der Waals surface area contributed by atoms with Gasteiger partial charge in [0.15, 0.2) is 0 Å². The molecule has 0 heterocycles.